The van der Waals surface area contributed by atoms with Crippen LogP contribution in [-0.2, 0) is 4.74 Å². The molecule has 0 aliphatic carbocycles. The molecule has 0 spiro atoms. The third-order valence-electron chi connectivity index (χ3n) is 5.26. The zero-order valence-electron chi connectivity index (χ0n) is 12.9. The Morgan fingerprint density at radius 2 is 1.36 bits per heavy atom. The van der Waals surface area contributed by atoms with Gasteiger partial charge in [0.25, 0.3) is 0 Å². The Kier molecular flexibility index (Phi) is 4.18. The zero-order chi connectivity index (χ0) is 17.3. The molecule has 2 bridgehead atoms. The van der Waals surface area contributed by atoms with Crippen molar-refractivity contribution in [3.05, 3.63) is 77.0 Å². The van der Waals surface area contributed by atoms with E-state index < -0.39 is 0 Å². The summed E-state index contributed by atoms with van der Waals surface area (Å²) in [6, 6.07) is 15.5. The maximum absolute atomic E-state index is 6.32. The molecular formula is C20H12Br4O. The first-order valence-electron chi connectivity index (χ1n) is 8.04. The number of benzene rings is 3. The van der Waals surface area contributed by atoms with Gasteiger partial charge in [0.15, 0.2) is 0 Å². The monoisotopic (exact) mass is 584 g/mol. The van der Waals surface area contributed by atoms with Crippen LogP contribution in [0.4, 0.5) is 0 Å². The molecular weight excluding hydrogens is 576 g/mol. The summed E-state index contributed by atoms with van der Waals surface area (Å²) in [4.78, 5) is 0. The summed E-state index contributed by atoms with van der Waals surface area (Å²) < 4.78 is 10.7. The second-order valence-electron chi connectivity index (χ2n) is 6.66. The molecule has 3 aromatic carbocycles. The first-order chi connectivity index (χ1) is 12.0. The van der Waals surface area contributed by atoms with Gasteiger partial charge in [0.05, 0.1) is 12.2 Å². The number of halogens is 4. The van der Waals surface area contributed by atoms with Crippen molar-refractivity contribution in [1.29, 1.82) is 0 Å². The molecule has 0 amide bonds. The van der Waals surface area contributed by atoms with Crippen molar-refractivity contribution in [2.24, 2.45) is 0 Å². The molecule has 2 aliphatic heterocycles. The van der Waals surface area contributed by atoms with Gasteiger partial charge in [0, 0.05) is 23.8 Å². The standard InChI is InChI=1S/C20H12Br4O/c21-15-4-9-1-2-10(3-11(9)5-16(15)22)12-8-19-13-6-17(23)18(24)7-14(13)20(12)25-19/h1-7,12,19-20H,8H2. The molecule has 1 saturated heterocycles. The van der Waals surface area contributed by atoms with E-state index >= 15 is 0 Å². The van der Waals surface area contributed by atoms with E-state index in [9.17, 15) is 0 Å². The molecule has 2 aliphatic rings. The van der Waals surface area contributed by atoms with Gasteiger partial charge in [-0.15, -0.1) is 0 Å². The number of ether oxygens (including phenoxy) is 1. The molecule has 1 fully saturated rings. The minimum absolute atomic E-state index is 0.153. The Balaban J connectivity index is 1.58. The molecule has 0 radical (unpaired) electrons. The van der Waals surface area contributed by atoms with Gasteiger partial charge < -0.3 is 4.74 Å². The topological polar surface area (TPSA) is 9.23 Å². The quantitative estimate of drug-likeness (QED) is 0.279. The highest BCUT2D eigenvalue weighted by Gasteiger charge is 2.46. The first-order valence-corrected chi connectivity index (χ1v) is 11.2. The molecule has 5 rings (SSSR count). The Morgan fingerprint density at radius 1 is 0.720 bits per heavy atom. The van der Waals surface area contributed by atoms with E-state index in [1.54, 1.807) is 0 Å². The Hall–Kier alpha value is -0.200. The fourth-order valence-corrected chi connectivity index (χ4v) is 5.52. The first kappa shape index (κ1) is 16.9. The highest BCUT2D eigenvalue weighted by atomic mass is 79.9. The lowest BCUT2D eigenvalue weighted by atomic mass is 9.80. The number of hydrogen-bond acceptors (Lipinski definition) is 1. The molecule has 3 atom stereocenters. The lowest BCUT2D eigenvalue weighted by Gasteiger charge is -2.23. The van der Waals surface area contributed by atoms with E-state index in [-0.39, 0.29) is 12.2 Å². The van der Waals surface area contributed by atoms with Gasteiger partial charge in [-0.1, -0.05) is 18.2 Å². The third-order valence-corrected chi connectivity index (χ3v) is 8.94. The second-order valence-corrected chi connectivity index (χ2v) is 10.1. The van der Waals surface area contributed by atoms with Crippen LogP contribution in [0.25, 0.3) is 10.8 Å². The highest BCUT2D eigenvalue weighted by molar-refractivity contribution is 9.13. The Bertz CT molecular complexity index is 1030. The number of hydrogen-bond donors (Lipinski definition) is 0. The van der Waals surface area contributed by atoms with Crippen LogP contribution in [0, 0.1) is 0 Å². The summed E-state index contributed by atoms with van der Waals surface area (Å²) in [6.07, 6.45) is 1.41. The second kappa shape index (κ2) is 6.16. The van der Waals surface area contributed by atoms with Crippen LogP contribution < -0.4 is 0 Å². The number of fused-ring (bicyclic) bond motifs is 6. The van der Waals surface area contributed by atoms with Crippen LogP contribution in [0.5, 0.6) is 0 Å². The van der Waals surface area contributed by atoms with Gasteiger partial charge in [-0.05, 0) is 122 Å². The summed E-state index contributed by atoms with van der Waals surface area (Å²) >= 11 is 14.4. The van der Waals surface area contributed by atoms with Gasteiger partial charge in [0.1, 0.15) is 0 Å². The van der Waals surface area contributed by atoms with Crippen molar-refractivity contribution < 1.29 is 4.74 Å². The molecule has 0 aromatic heterocycles. The largest absolute Gasteiger partial charge is 0.365 e. The minimum atomic E-state index is 0.153. The smallest absolute Gasteiger partial charge is 0.0906 e. The molecule has 25 heavy (non-hydrogen) atoms. The van der Waals surface area contributed by atoms with E-state index in [0.717, 1.165) is 24.3 Å². The molecule has 0 N–H and O–H groups in total. The van der Waals surface area contributed by atoms with Crippen molar-refractivity contribution in [2.75, 3.05) is 0 Å². The maximum atomic E-state index is 6.32. The molecule has 3 aromatic rings. The zero-order valence-corrected chi connectivity index (χ0v) is 19.2. The van der Waals surface area contributed by atoms with Gasteiger partial charge >= 0.3 is 0 Å². The fourth-order valence-electron chi connectivity index (χ4n) is 4.08. The van der Waals surface area contributed by atoms with Crippen LogP contribution in [0.2, 0.25) is 0 Å². The fraction of sp³-hybridized carbons (Fsp3) is 0.200. The summed E-state index contributed by atoms with van der Waals surface area (Å²) in [5, 5.41) is 2.50. The summed E-state index contributed by atoms with van der Waals surface area (Å²) in [5.74, 6) is 0.414. The predicted molar refractivity (Wildman–Crippen MR) is 115 cm³/mol. The Morgan fingerprint density at radius 3 is 2.12 bits per heavy atom. The van der Waals surface area contributed by atoms with Crippen LogP contribution in [0.1, 0.15) is 41.2 Å². The average Bonchev–Trinajstić information content (AvgIpc) is 3.15. The maximum Gasteiger partial charge on any atom is 0.0906 e. The van der Waals surface area contributed by atoms with Gasteiger partial charge in [-0.2, -0.15) is 0 Å². The van der Waals surface area contributed by atoms with Gasteiger partial charge in [-0.25, -0.2) is 0 Å². The molecule has 2 heterocycles. The van der Waals surface area contributed by atoms with Crippen molar-refractivity contribution in [3.63, 3.8) is 0 Å². The van der Waals surface area contributed by atoms with E-state index in [4.69, 9.17) is 4.74 Å². The van der Waals surface area contributed by atoms with E-state index in [2.05, 4.69) is 106 Å². The van der Waals surface area contributed by atoms with Gasteiger partial charge in [0.2, 0.25) is 0 Å². The lowest BCUT2D eigenvalue weighted by Crippen LogP contribution is -2.09. The highest BCUT2D eigenvalue weighted by Crippen LogP contribution is 2.58. The van der Waals surface area contributed by atoms with Crippen molar-refractivity contribution >= 4 is 74.5 Å². The number of rotatable bonds is 1. The van der Waals surface area contributed by atoms with Crippen molar-refractivity contribution in [3.8, 4) is 0 Å². The van der Waals surface area contributed by atoms with Crippen LogP contribution in [0.3, 0.4) is 0 Å². The van der Waals surface area contributed by atoms with E-state index in [1.165, 1.54) is 27.5 Å². The molecule has 3 unspecified atom stereocenters. The lowest BCUT2D eigenvalue weighted by molar-refractivity contribution is 0.0675. The average molecular weight is 588 g/mol. The third kappa shape index (κ3) is 2.69. The molecule has 0 saturated carbocycles. The Labute approximate surface area is 179 Å². The SMILES string of the molecule is Brc1cc2c(cc1Br)C1OC2CC1c1ccc2cc(Br)c(Br)cc2c1. The van der Waals surface area contributed by atoms with Gasteiger partial charge in [-0.3, -0.25) is 0 Å². The van der Waals surface area contributed by atoms with Crippen LogP contribution >= 0.6 is 63.7 Å². The van der Waals surface area contributed by atoms with Crippen LogP contribution in [-0.4, -0.2) is 0 Å². The normalized spacial score (nSPS) is 24.1. The molecule has 1 nitrogen and oxygen atoms in total. The predicted octanol–water partition coefficient (Wildman–Crippen LogP) is 8.19. The van der Waals surface area contributed by atoms with E-state index in [0.29, 0.717) is 5.92 Å². The summed E-state index contributed by atoms with van der Waals surface area (Å²) in [5.41, 5.74) is 4.02. The molecule has 126 valence electrons. The summed E-state index contributed by atoms with van der Waals surface area (Å²) in [7, 11) is 0. The van der Waals surface area contributed by atoms with Crippen molar-refractivity contribution in [2.45, 2.75) is 24.5 Å². The summed E-state index contributed by atoms with van der Waals surface area (Å²) in [6.45, 7) is 0. The van der Waals surface area contributed by atoms with E-state index in [1.807, 2.05) is 0 Å². The molecule has 5 heteroatoms. The minimum Gasteiger partial charge on any atom is -0.365 e. The van der Waals surface area contributed by atoms with Crippen LogP contribution in [0.15, 0.2) is 60.4 Å². The van der Waals surface area contributed by atoms with Crippen molar-refractivity contribution in [1.82, 2.24) is 0 Å².